The Morgan fingerprint density at radius 2 is 1.76 bits per heavy atom. The number of aliphatic hydroxyl groups excluding tert-OH is 1. The smallest absolute Gasteiger partial charge is 0.203 e. The third-order valence-electron chi connectivity index (χ3n) is 3.79. The zero-order valence-corrected chi connectivity index (χ0v) is 12.4. The molecule has 0 spiro atoms. The van der Waals surface area contributed by atoms with Crippen LogP contribution in [0.3, 0.4) is 0 Å². The van der Waals surface area contributed by atoms with Gasteiger partial charge in [0, 0.05) is 5.56 Å². The summed E-state index contributed by atoms with van der Waals surface area (Å²) in [4.78, 5) is 23.6. The number of carbonyl (C=O) groups excluding carboxylic acids is 2. The normalized spacial score (nSPS) is 17.1. The van der Waals surface area contributed by atoms with E-state index in [4.69, 9.17) is 4.74 Å². The number of unbranched alkanes of at least 4 members (excludes halogenated alkanes) is 5. The first-order valence-electron chi connectivity index (χ1n) is 7.69. The number of rotatable bonds is 8. The maximum atomic E-state index is 11.9. The molecule has 1 atom stereocenters. The molecule has 1 aliphatic rings. The highest BCUT2D eigenvalue weighted by atomic mass is 16.5. The van der Waals surface area contributed by atoms with Gasteiger partial charge in [-0.1, -0.05) is 51.2 Å². The van der Waals surface area contributed by atoms with Crippen molar-refractivity contribution in [3.05, 3.63) is 29.3 Å². The lowest BCUT2D eigenvalue weighted by molar-refractivity contribution is 0.0662. The molecule has 0 fully saturated rings. The first-order valence-corrected chi connectivity index (χ1v) is 7.69. The molecular weight excluding hydrogens is 268 g/mol. The van der Waals surface area contributed by atoms with Crippen LogP contribution in [0.1, 0.15) is 66.2 Å². The minimum atomic E-state index is -1.56. The molecule has 2 rings (SSSR count). The van der Waals surface area contributed by atoms with Gasteiger partial charge in [0.2, 0.25) is 5.78 Å². The molecule has 114 valence electrons. The van der Waals surface area contributed by atoms with E-state index in [1.807, 2.05) is 0 Å². The van der Waals surface area contributed by atoms with Gasteiger partial charge in [-0.2, -0.15) is 0 Å². The highest BCUT2D eigenvalue weighted by Gasteiger charge is 2.39. The Hall–Kier alpha value is -1.68. The number of carbonyl (C=O) groups is 2. The number of hydrogen-bond donors (Lipinski definition) is 1. The molecule has 4 nitrogen and oxygen atoms in total. The quantitative estimate of drug-likeness (QED) is 0.590. The number of fused-ring (bicyclic) bond motifs is 1. The second kappa shape index (κ2) is 7.36. The van der Waals surface area contributed by atoms with E-state index in [-0.39, 0.29) is 11.1 Å². The van der Waals surface area contributed by atoms with E-state index in [1.54, 1.807) is 18.2 Å². The van der Waals surface area contributed by atoms with Crippen molar-refractivity contribution in [2.75, 3.05) is 6.61 Å². The van der Waals surface area contributed by atoms with Gasteiger partial charge >= 0.3 is 0 Å². The van der Waals surface area contributed by atoms with Gasteiger partial charge in [0.15, 0.2) is 11.9 Å². The summed E-state index contributed by atoms with van der Waals surface area (Å²) in [5.41, 5.74) is 0.508. The van der Waals surface area contributed by atoms with E-state index in [1.165, 1.54) is 25.7 Å². The van der Waals surface area contributed by atoms with Gasteiger partial charge in [0.1, 0.15) is 5.75 Å². The van der Waals surface area contributed by atoms with E-state index < -0.39 is 17.7 Å². The largest absolute Gasteiger partial charge is 0.493 e. The fourth-order valence-electron chi connectivity index (χ4n) is 2.58. The van der Waals surface area contributed by atoms with Crippen LogP contribution in [-0.2, 0) is 0 Å². The van der Waals surface area contributed by atoms with Crippen LogP contribution in [-0.4, -0.2) is 29.4 Å². The zero-order valence-electron chi connectivity index (χ0n) is 12.4. The highest BCUT2D eigenvalue weighted by Crippen LogP contribution is 2.30. The lowest BCUT2D eigenvalue weighted by Crippen LogP contribution is -2.20. The summed E-state index contributed by atoms with van der Waals surface area (Å²) in [5, 5.41) is 9.55. The van der Waals surface area contributed by atoms with Gasteiger partial charge in [-0.25, -0.2) is 0 Å². The summed E-state index contributed by atoms with van der Waals surface area (Å²) in [5.74, 6) is -0.662. The third kappa shape index (κ3) is 3.50. The summed E-state index contributed by atoms with van der Waals surface area (Å²) >= 11 is 0. The molecule has 0 bridgehead atoms. The van der Waals surface area contributed by atoms with Gasteiger partial charge in [0.25, 0.3) is 0 Å². The predicted molar refractivity (Wildman–Crippen MR) is 80.0 cm³/mol. The Balaban J connectivity index is 1.88. The third-order valence-corrected chi connectivity index (χ3v) is 3.79. The second-order valence-electron chi connectivity index (χ2n) is 5.43. The summed E-state index contributed by atoms with van der Waals surface area (Å²) in [6, 6.07) is 4.92. The molecule has 0 amide bonds. The fourth-order valence-corrected chi connectivity index (χ4v) is 2.58. The van der Waals surface area contributed by atoms with Crippen molar-refractivity contribution in [2.24, 2.45) is 0 Å². The Morgan fingerprint density at radius 1 is 1.05 bits per heavy atom. The molecule has 21 heavy (non-hydrogen) atoms. The van der Waals surface area contributed by atoms with Crippen LogP contribution < -0.4 is 4.74 Å². The lowest BCUT2D eigenvalue weighted by atomic mass is 10.1. The average Bonchev–Trinajstić information content (AvgIpc) is 2.72. The van der Waals surface area contributed by atoms with Gasteiger partial charge in [-0.05, 0) is 12.5 Å². The monoisotopic (exact) mass is 290 g/mol. The number of ketones is 2. The van der Waals surface area contributed by atoms with Crippen molar-refractivity contribution >= 4 is 11.6 Å². The van der Waals surface area contributed by atoms with Crippen LogP contribution in [0.25, 0.3) is 0 Å². The van der Waals surface area contributed by atoms with E-state index in [2.05, 4.69) is 6.92 Å². The Kier molecular flexibility index (Phi) is 5.51. The number of aliphatic hydroxyl groups is 1. The van der Waals surface area contributed by atoms with Crippen LogP contribution in [0.5, 0.6) is 5.75 Å². The van der Waals surface area contributed by atoms with Crippen molar-refractivity contribution in [3.8, 4) is 5.75 Å². The molecule has 0 heterocycles. The van der Waals surface area contributed by atoms with Crippen LogP contribution in [0.4, 0.5) is 0 Å². The Labute approximate surface area is 125 Å². The molecule has 1 aromatic rings. The molecule has 0 aliphatic heterocycles. The first-order chi connectivity index (χ1) is 10.2. The topological polar surface area (TPSA) is 63.6 Å². The molecule has 1 unspecified atom stereocenters. The number of hydrogen-bond acceptors (Lipinski definition) is 4. The molecule has 0 aromatic heterocycles. The average molecular weight is 290 g/mol. The lowest BCUT2D eigenvalue weighted by Gasteiger charge is -2.09. The number of Topliss-reactive ketones (excluding diaryl/α,β-unsaturated/α-hetero) is 2. The molecule has 0 radical (unpaired) electrons. The number of ether oxygens (including phenoxy) is 1. The molecular formula is C17H22O4. The fraction of sp³-hybridized carbons (Fsp3) is 0.529. The minimum absolute atomic E-state index is 0.237. The van der Waals surface area contributed by atoms with E-state index in [0.717, 1.165) is 12.8 Å². The predicted octanol–water partition coefficient (Wildman–Crippen LogP) is 3.17. The molecule has 0 saturated heterocycles. The summed E-state index contributed by atoms with van der Waals surface area (Å²) in [6.45, 7) is 2.71. The second-order valence-corrected chi connectivity index (χ2v) is 5.43. The van der Waals surface area contributed by atoms with Crippen molar-refractivity contribution in [1.29, 1.82) is 0 Å². The van der Waals surface area contributed by atoms with Crippen LogP contribution in [0, 0.1) is 0 Å². The minimum Gasteiger partial charge on any atom is -0.493 e. The number of benzene rings is 1. The van der Waals surface area contributed by atoms with E-state index in [0.29, 0.717) is 12.4 Å². The molecule has 4 heteroatoms. The van der Waals surface area contributed by atoms with Gasteiger partial charge < -0.3 is 9.84 Å². The maximum Gasteiger partial charge on any atom is 0.203 e. The molecule has 0 saturated carbocycles. The van der Waals surface area contributed by atoms with Crippen molar-refractivity contribution < 1.29 is 19.4 Å². The Bertz CT molecular complexity index is 522. The maximum absolute atomic E-state index is 11.9. The molecule has 1 aromatic carbocycles. The van der Waals surface area contributed by atoms with Gasteiger partial charge in [0.05, 0.1) is 12.2 Å². The molecule has 1 aliphatic carbocycles. The zero-order chi connectivity index (χ0) is 15.2. The van der Waals surface area contributed by atoms with Crippen molar-refractivity contribution in [1.82, 2.24) is 0 Å². The standard InChI is InChI=1S/C17H22O4/c1-2-3-4-5-6-7-11-21-13-10-8-9-12-14(13)16(19)17(20)15(12)18/h8-10,17,20H,2-7,11H2,1H3. The highest BCUT2D eigenvalue weighted by molar-refractivity contribution is 6.29. The van der Waals surface area contributed by atoms with Crippen molar-refractivity contribution in [3.63, 3.8) is 0 Å². The summed E-state index contributed by atoms with van der Waals surface area (Å²) in [7, 11) is 0. The Morgan fingerprint density at radius 3 is 2.52 bits per heavy atom. The van der Waals surface area contributed by atoms with Crippen LogP contribution in [0.15, 0.2) is 18.2 Å². The van der Waals surface area contributed by atoms with E-state index in [9.17, 15) is 14.7 Å². The van der Waals surface area contributed by atoms with Gasteiger partial charge in [-0.15, -0.1) is 0 Å². The first kappa shape index (κ1) is 15.7. The van der Waals surface area contributed by atoms with Crippen molar-refractivity contribution in [2.45, 2.75) is 51.6 Å². The van der Waals surface area contributed by atoms with Gasteiger partial charge in [-0.3, -0.25) is 9.59 Å². The van der Waals surface area contributed by atoms with E-state index >= 15 is 0 Å². The molecule has 1 N–H and O–H groups in total. The summed E-state index contributed by atoms with van der Waals surface area (Å²) in [6.07, 6.45) is 5.41. The summed E-state index contributed by atoms with van der Waals surface area (Å²) < 4.78 is 5.64. The SMILES string of the molecule is CCCCCCCCOc1cccc2c1C(=O)C(O)C2=O. The van der Waals surface area contributed by atoms with Crippen LogP contribution in [0.2, 0.25) is 0 Å². The van der Waals surface area contributed by atoms with Crippen LogP contribution >= 0.6 is 0 Å².